The second-order valence-corrected chi connectivity index (χ2v) is 7.79. The number of hydrogen-bond donors (Lipinski definition) is 1. The number of carbonyl (C=O) groups excluding carboxylic acids is 1. The number of fused-ring (bicyclic) bond motifs is 1. The van der Waals surface area contributed by atoms with Gasteiger partial charge in [-0.3, -0.25) is 4.79 Å². The second-order valence-electron chi connectivity index (χ2n) is 6.82. The molecular weight excluding hydrogens is 318 g/mol. The monoisotopic (exact) mass is 343 g/mol. The first-order valence-electron chi connectivity index (χ1n) is 8.70. The molecule has 0 bridgehead atoms. The van der Waals surface area contributed by atoms with Gasteiger partial charge < -0.3 is 5.32 Å². The van der Waals surface area contributed by atoms with Crippen LogP contribution in [0, 0.1) is 18.8 Å². The van der Waals surface area contributed by atoms with Gasteiger partial charge in [-0.2, -0.15) is 0 Å². The fourth-order valence-electron chi connectivity index (χ4n) is 3.44. The van der Waals surface area contributed by atoms with Gasteiger partial charge in [-0.25, -0.2) is 9.97 Å². The van der Waals surface area contributed by atoms with E-state index in [2.05, 4.69) is 29.1 Å². The summed E-state index contributed by atoms with van der Waals surface area (Å²) in [5.74, 6) is 2.48. The third-order valence-corrected chi connectivity index (χ3v) is 6.06. The molecule has 3 rings (SSSR count). The maximum Gasteiger partial charge on any atom is 0.230 e. The number of rotatable bonds is 4. The zero-order valence-corrected chi connectivity index (χ0v) is 15.4. The van der Waals surface area contributed by atoms with Crippen LogP contribution in [0.4, 0.5) is 0 Å². The predicted octanol–water partition coefficient (Wildman–Crippen LogP) is 3.97. The van der Waals surface area contributed by atoms with E-state index in [1.165, 1.54) is 24.6 Å². The van der Waals surface area contributed by atoms with Crippen molar-refractivity contribution in [3.05, 3.63) is 30.1 Å². The molecule has 24 heavy (non-hydrogen) atoms. The highest BCUT2D eigenvalue weighted by atomic mass is 32.2. The summed E-state index contributed by atoms with van der Waals surface area (Å²) in [6.07, 6.45) is 3.57. The molecule has 1 heterocycles. The number of para-hydroxylation sites is 1. The third kappa shape index (κ3) is 3.89. The molecule has 1 aromatic carbocycles. The average Bonchev–Trinajstić information content (AvgIpc) is 2.56. The van der Waals surface area contributed by atoms with E-state index >= 15 is 0 Å². The van der Waals surface area contributed by atoms with Gasteiger partial charge in [-0.15, -0.1) is 0 Å². The van der Waals surface area contributed by atoms with E-state index < -0.39 is 0 Å². The fraction of sp³-hybridized carbons (Fsp3) is 0.526. The van der Waals surface area contributed by atoms with Crippen LogP contribution in [0.1, 0.15) is 38.9 Å². The SMILES string of the molecule is Cc1nc(SCC(=O)NC2CCCC(C)C2C)c2ccccc2n1. The standard InChI is InChI=1S/C19H25N3OS/c1-12-7-6-10-16(13(12)2)22-18(23)11-24-19-15-8-4-5-9-17(15)20-14(3)21-19/h4-5,8-9,12-13,16H,6-7,10-11H2,1-3H3,(H,22,23). The van der Waals surface area contributed by atoms with Crippen molar-refractivity contribution in [3.63, 3.8) is 0 Å². The predicted molar refractivity (Wildman–Crippen MR) is 99.1 cm³/mol. The zero-order chi connectivity index (χ0) is 17.1. The molecule has 0 spiro atoms. The summed E-state index contributed by atoms with van der Waals surface area (Å²) in [5, 5.41) is 5.13. The highest BCUT2D eigenvalue weighted by molar-refractivity contribution is 8.00. The minimum Gasteiger partial charge on any atom is -0.352 e. The number of aryl methyl sites for hydroxylation is 1. The van der Waals surface area contributed by atoms with Crippen LogP contribution in [0.3, 0.4) is 0 Å². The Morgan fingerprint density at radius 3 is 2.88 bits per heavy atom. The first-order chi connectivity index (χ1) is 11.5. The van der Waals surface area contributed by atoms with E-state index in [1.807, 2.05) is 31.2 Å². The molecule has 3 unspecified atom stereocenters. The normalized spacial score (nSPS) is 24.0. The summed E-state index contributed by atoms with van der Waals surface area (Å²) in [5.41, 5.74) is 0.933. The maximum absolute atomic E-state index is 12.4. The number of carbonyl (C=O) groups is 1. The molecule has 4 nitrogen and oxygen atoms in total. The first kappa shape index (κ1) is 17.2. The lowest BCUT2D eigenvalue weighted by Crippen LogP contribution is -2.44. The van der Waals surface area contributed by atoms with E-state index in [0.29, 0.717) is 23.6 Å². The minimum absolute atomic E-state index is 0.103. The number of nitrogens with zero attached hydrogens (tertiary/aromatic N) is 2. The maximum atomic E-state index is 12.4. The molecule has 128 valence electrons. The lowest BCUT2D eigenvalue weighted by molar-refractivity contribution is -0.119. The van der Waals surface area contributed by atoms with E-state index in [9.17, 15) is 4.79 Å². The lowest BCUT2D eigenvalue weighted by Gasteiger charge is -2.34. The summed E-state index contributed by atoms with van der Waals surface area (Å²) < 4.78 is 0. The van der Waals surface area contributed by atoms with Gasteiger partial charge in [-0.1, -0.05) is 56.7 Å². The highest BCUT2D eigenvalue weighted by Crippen LogP contribution is 2.30. The van der Waals surface area contributed by atoms with Crippen molar-refractivity contribution >= 4 is 28.6 Å². The third-order valence-electron chi connectivity index (χ3n) is 5.07. The van der Waals surface area contributed by atoms with Gasteiger partial charge in [-0.05, 0) is 31.2 Å². The fourth-order valence-corrected chi connectivity index (χ4v) is 4.31. The van der Waals surface area contributed by atoms with Gasteiger partial charge in [0, 0.05) is 11.4 Å². The molecule has 0 aliphatic heterocycles. The van der Waals surface area contributed by atoms with Gasteiger partial charge in [0.2, 0.25) is 5.91 Å². The van der Waals surface area contributed by atoms with Gasteiger partial charge in [0.05, 0.1) is 11.3 Å². The van der Waals surface area contributed by atoms with Crippen molar-refractivity contribution in [1.82, 2.24) is 15.3 Å². The summed E-state index contributed by atoms with van der Waals surface area (Å²) in [7, 11) is 0. The smallest absolute Gasteiger partial charge is 0.230 e. The molecule has 0 radical (unpaired) electrons. The number of nitrogens with one attached hydrogen (secondary N) is 1. The molecule has 2 aromatic rings. The number of amides is 1. The van der Waals surface area contributed by atoms with Gasteiger partial charge >= 0.3 is 0 Å². The molecule has 0 saturated heterocycles. The molecule has 5 heteroatoms. The van der Waals surface area contributed by atoms with Crippen molar-refractivity contribution in [2.75, 3.05) is 5.75 Å². The molecule has 3 atom stereocenters. The molecule has 1 aliphatic carbocycles. The minimum atomic E-state index is 0.103. The Morgan fingerprint density at radius 1 is 1.25 bits per heavy atom. The Hall–Kier alpha value is -1.62. The largest absolute Gasteiger partial charge is 0.352 e. The average molecular weight is 343 g/mol. The lowest BCUT2D eigenvalue weighted by atomic mass is 9.78. The Bertz CT molecular complexity index is 734. The van der Waals surface area contributed by atoms with Crippen LogP contribution in [-0.2, 0) is 4.79 Å². The molecule has 1 saturated carbocycles. The van der Waals surface area contributed by atoms with Gasteiger partial charge in [0.25, 0.3) is 0 Å². The molecule has 1 aliphatic rings. The van der Waals surface area contributed by atoms with Crippen LogP contribution in [0.2, 0.25) is 0 Å². The van der Waals surface area contributed by atoms with Crippen molar-refractivity contribution in [1.29, 1.82) is 0 Å². The van der Waals surface area contributed by atoms with Crippen LogP contribution in [0.5, 0.6) is 0 Å². The van der Waals surface area contributed by atoms with Crippen LogP contribution in [0.25, 0.3) is 10.9 Å². The first-order valence-corrected chi connectivity index (χ1v) is 9.68. The van der Waals surface area contributed by atoms with Crippen molar-refractivity contribution in [2.45, 2.75) is 51.1 Å². The Balaban J connectivity index is 1.64. The van der Waals surface area contributed by atoms with Crippen LogP contribution in [-0.4, -0.2) is 27.7 Å². The summed E-state index contributed by atoms with van der Waals surface area (Å²) in [6, 6.07) is 8.27. The number of thioether (sulfide) groups is 1. The number of hydrogen-bond acceptors (Lipinski definition) is 4. The molecule has 1 amide bonds. The van der Waals surface area contributed by atoms with E-state index in [-0.39, 0.29) is 5.91 Å². The number of aromatic nitrogens is 2. The zero-order valence-electron chi connectivity index (χ0n) is 14.6. The van der Waals surface area contributed by atoms with Crippen molar-refractivity contribution in [2.24, 2.45) is 11.8 Å². The molecule has 1 N–H and O–H groups in total. The van der Waals surface area contributed by atoms with E-state index in [0.717, 1.165) is 28.2 Å². The second kappa shape index (κ2) is 7.51. The summed E-state index contributed by atoms with van der Waals surface area (Å²) in [4.78, 5) is 21.4. The molecular formula is C19H25N3OS. The van der Waals surface area contributed by atoms with Gasteiger partial charge in [0.15, 0.2) is 0 Å². The van der Waals surface area contributed by atoms with Gasteiger partial charge in [0.1, 0.15) is 10.9 Å². The van der Waals surface area contributed by atoms with Crippen LogP contribution >= 0.6 is 11.8 Å². The van der Waals surface area contributed by atoms with E-state index in [1.54, 1.807) is 0 Å². The molecule has 1 aromatic heterocycles. The Labute approximate surface area is 147 Å². The van der Waals surface area contributed by atoms with Crippen LogP contribution in [0.15, 0.2) is 29.3 Å². The Kier molecular flexibility index (Phi) is 5.39. The van der Waals surface area contributed by atoms with Crippen molar-refractivity contribution in [3.8, 4) is 0 Å². The van der Waals surface area contributed by atoms with Crippen LogP contribution < -0.4 is 5.32 Å². The number of benzene rings is 1. The molecule has 1 fully saturated rings. The van der Waals surface area contributed by atoms with E-state index in [4.69, 9.17) is 0 Å². The summed E-state index contributed by atoms with van der Waals surface area (Å²) in [6.45, 7) is 6.43. The quantitative estimate of drug-likeness (QED) is 0.674. The Morgan fingerprint density at radius 2 is 2.04 bits per heavy atom. The summed E-state index contributed by atoms with van der Waals surface area (Å²) >= 11 is 1.50. The highest BCUT2D eigenvalue weighted by Gasteiger charge is 2.28. The topological polar surface area (TPSA) is 54.9 Å². The van der Waals surface area contributed by atoms with Crippen molar-refractivity contribution < 1.29 is 4.79 Å².